The molecule has 2 aromatic rings. The number of rotatable bonds is 3. The van der Waals surface area contributed by atoms with Gasteiger partial charge in [-0.2, -0.15) is 0 Å². The molecule has 2 heterocycles. The van der Waals surface area contributed by atoms with Gasteiger partial charge in [0.15, 0.2) is 11.6 Å². The Hall–Kier alpha value is -2.76. The number of nitrogens with one attached hydrogen (secondary N) is 1. The molecule has 1 saturated heterocycles. The first kappa shape index (κ1) is 21.0. The lowest BCUT2D eigenvalue weighted by atomic mass is 10.0. The number of hydrogen-bond donors (Lipinski definition) is 4. The summed E-state index contributed by atoms with van der Waals surface area (Å²) in [4.78, 5) is 24.2. The SMILES string of the molecule is CC(C)(C)n1cc(C(=O)O)c(=O)c2c(N)c(F)c(NN3CCN(N)CC3)c(F)c21. The van der Waals surface area contributed by atoms with Gasteiger partial charge in [0, 0.05) is 37.9 Å². The lowest BCUT2D eigenvalue weighted by Crippen LogP contribution is -2.51. The van der Waals surface area contributed by atoms with E-state index >= 15 is 4.39 Å². The fourth-order valence-corrected chi connectivity index (χ4v) is 3.31. The predicted molar refractivity (Wildman–Crippen MR) is 105 cm³/mol. The monoisotopic (exact) mass is 410 g/mol. The van der Waals surface area contributed by atoms with Gasteiger partial charge >= 0.3 is 5.97 Å². The van der Waals surface area contributed by atoms with Crippen LogP contribution in [0.4, 0.5) is 20.2 Å². The van der Waals surface area contributed by atoms with Gasteiger partial charge in [-0.15, -0.1) is 0 Å². The molecular formula is C18H24F2N6O3. The van der Waals surface area contributed by atoms with E-state index in [4.69, 9.17) is 11.6 Å². The highest BCUT2D eigenvalue weighted by molar-refractivity contribution is 5.99. The molecule has 1 aromatic carbocycles. The van der Waals surface area contributed by atoms with Crippen molar-refractivity contribution in [1.82, 2.24) is 14.6 Å². The molecule has 0 radical (unpaired) electrons. The minimum atomic E-state index is -1.50. The number of nitrogen functional groups attached to an aromatic ring is 1. The summed E-state index contributed by atoms with van der Waals surface area (Å²) in [6.07, 6.45) is 1.06. The maximum absolute atomic E-state index is 15.5. The van der Waals surface area contributed by atoms with Crippen molar-refractivity contribution in [2.24, 2.45) is 5.84 Å². The van der Waals surface area contributed by atoms with Crippen LogP contribution in [0.3, 0.4) is 0 Å². The molecule has 1 aromatic heterocycles. The van der Waals surface area contributed by atoms with Crippen LogP contribution in [0.2, 0.25) is 0 Å². The Labute approximate surface area is 165 Å². The van der Waals surface area contributed by atoms with Gasteiger partial charge in [0.1, 0.15) is 11.3 Å². The molecule has 1 aliphatic rings. The quantitative estimate of drug-likeness (QED) is 0.438. The minimum absolute atomic E-state index is 0.258. The normalized spacial score (nSPS) is 16.3. The lowest BCUT2D eigenvalue weighted by molar-refractivity contribution is 0.0694. The number of carboxylic acid groups (broad SMARTS) is 1. The number of hydrazine groups is 2. The number of fused-ring (bicyclic) bond motifs is 1. The maximum Gasteiger partial charge on any atom is 0.341 e. The second kappa shape index (κ2) is 7.25. The van der Waals surface area contributed by atoms with E-state index in [1.165, 1.54) is 4.57 Å². The highest BCUT2D eigenvalue weighted by Gasteiger charge is 2.29. The summed E-state index contributed by atoms with van der Waals surface area (Å²) in [6, 6.07) is 0. The molecule has 6 N–H and O–H groups in total. The molecule has 3 rings (SSSR count). The van der Waals surface area contributed by atoms with Crippen molar-refractivity contribution in [3.05, 3.63) is 33.6 Å². The van der Waals surface area contributed by atoms with Crippen LogP contribution < -0.4 is 22.4 Å². The van der Waals surface area contributed by atoms with Gasteiger partial charge in [-0.1, -0.05) is 0 Å². The number of anilines is 2. The summed E-state index contributed by atoms with van der Waals surface area (Å²) < 4.78 is 31.8. The molecule has 0 aliphatic carbocycles. The van der Waals surface area contributed by atoms with Crippen molar-refractivity contribution >= 4 is 28.2 Å². The van der Waals surface area contributed by atoms with Gasteiger partial charge < -0.3 is 20.8 Å². The first-order valence-electron chi connectivity index (χ1n) is 9.04. The Morgan fingerprint density at radius 3 is 2.28 bits per heavy atom. The average molecular weight is 410 g/mol. The molecule has 0 amide bonds. The van der Waals surface area contributed by atoms with Crippen molar-refractivity contribution in [1.29, 1.82) is 0 Å². The number of piperazine rings is 1. The van der Waals surface area contributed by atoms with Gasteiger partial charge in [-0.25, -0.2) is 23.6 Å². The zero-order valence-electron chi connectivity index (χ0n) is 16.4. The molecule has 1 fully saturated rings. The minimum Gasteiger partial charge on any atom is -0.477 e. The third-order valence-electron chi connectivity index (χ3n) is 4.90. The summed E-state index contributed by atoms with van der Waals surface area (Å²) in [6.45, 7) is 6.93. The van der Waals surface area contributed by atoms with E-state index < -0.39 is 50.9 Å². The topological polar surface area (TPSA) is 130 Å². The van der Waals surface area contributed by atoms with E-state index in [0.717, 1.165) is 6.20 Å². The molecule has 0 atom stereocenters. The zero-order valence-corrected chi connectivity index (χ0v) is 16.4. The third kappa shape index (κ3) is 3.63. The number of carbonyl (C=O) groups is 1. The van der Waals surface area contributed by atoms with Gasteiger partial charge in [-0.05, 0) is 20.8 Å². The number of nitrogens with two attached hydrogens (primary N) is 2. The largest absolute Gasteiger partial charge is 0.477 e. The van der Waals surface area contributed by atoms with E-state index in [-0.39, 0.29) is 5.52 Å². The van der Waals surface area contributed by atoms with E-state index in [9.17, 15) is 19.1 Å². The molecule has 11 heteroatoms. The van der Waals surface area contributed by atoms with Crippen molar-refractivity contribution in [2.45, 2.75) is 26.3 Å². The van der Waals surface area contributed by atoms with E-state index in [1.54, 1.807) is 30.8 Å². The number of carboxylic acids is 1. The number of pyridine rings is 1. The summed E-state index contributed by atoms with van der Waals surface area (Å²) in [7, 11) is 0. The first-order chi connectivity index (χ1) is 13.4. The fraction of sp³-hybridized carbons (Fsp3) is 0.444. The van der Waals surface area contributed by atoms with Crippen LogP contribution in [0, 0.1) is 11.6 Å². The number of hydrogen-bond acceptors (Lipinski definition) is 7. The van der Waals surface area contributed by atoms with Crippen LogP contribution in [-0.2, 0) is 5.54 Å². The molecule has 0 unspecified atom stereocenters. The third-order valence-corrected chi connectivity index (χ3v) is 4.90. The molecule has 1 aliphatic heterocycles. The summed E-state index contributed by atoms with van der Waals surface area (Å²) in [5.41, 5.74) is 4.73. The first-order valence-corrected chi connectivity index (χ1v) is 9.04. The Morgan fingerprint density at radius 1 is 1.17 bits per heavy atom. The van der Waals surface area contributed by atoms with Crippen LogP contribution in [-0.4, -0.2) is 51.8 Å². The summed E-state index contributed by atoms with van der Waals surface area (Å²) >= 11 is 0. The number of nitrogens with zero attached hydrogens (tertiary/aromatic N) is 3. The van der Waals surface area contributed by atoms with E-state index in [1.807, 2.05) is 0 Å². The molecular weight excluding hydrogens is 386 g/mol. The molecule has 0 spiro atoms. The summed E-state index contributed by atoms with van der Waals surface area (Å²) in [5.74, 6) is 2.02. The van der Waals surface area contributed by atoms with Crippen LogP contribution in [0.5, 0.6) is 0 Å². The second-order valence-corrected chi connectivity index (χ2v) is 7.99. The molecule has 158 valence electrons. The van der Waals surface area contributed by atoms with Gasteiger partial charge in [0.25, 0.3) is 0 Å². The number of halogens is 2. The smallest absolute Gasteiger partial charge is 0.341 e. The second-order valence-electron chi connectivity index (χ2n) is 7.99. The zero-order chi connectivity index (χ0) is 21.7. The molecule has 0 bridgehead atoms. The van der Waals surface area contributed by atoms with E-state index in [0.29, 0.717) is 26.2 Å². The molecule has 0 saturated carbocycles. The Bertz CT molecular complexity index is 1040. The van der Waals surface area contributed by atoms with Crippen molar-refractivity contribution in [3.8, 4) is 0 Å². The molecule has 9 nitrogen and oxygen atoms in total. The van der Waals surface area contributed by atoms with Crippen LogP contribution in [0.15, 0.2) is 11.0 Å². The highest BCUT2D eigenvalue weighted by atomic mass is 19.1. The Balaban J connectivity index is 2.30. The van der Waals surface area contributed by atoms with Crippen LogP contribution in [0.1, 0.15) is 31.1 Å². The van der Waals surface area contributed by atoms with Crippen molar-refractivity contribution in [3.63, 3.8) is 0 Å². The summed E-state index contributed by atoms with van der Waals surface area (Å²) in [5, 5.41) is 12.1. The predicted octanol–water partition coefficient (Wildman–Crippen LogP) is 1.13. The average Bonchev–Trinajstić information content (AvgIpc) is 2.63. The maximum atomic E-state index is 15.5. The number of aromatic nitrogens is 1. The van der Waals surface area contributed by atoms with Gasteiger partial charge in [-0.3, -0.25) is 10.6 Å². The Morgan fingerprint density at radius 2 is 1.76 bits per heavy atom. The van der Waals surface area contributed by atoms with Crippen LogP contribution in [0.25, 0.3) is 10.9 Å². The number of aromatic carboxylic acids is 1. The fourth-order valence-electron chi connectivity index (χ4n) is 3.31. The highest BCUT2D eigenvalue weighted by Crippen LogP contribution is 2.35. The Kier molecular flexibility index (Phi) is 5.24. The standard InChI is InChI=1S/C18H24F2N6O3/c1-18(2,3)26-8-9(17(28)29)16(27)10-13(21)11(19)14(12(20)15(10)26)23-25-6-4-24(22)5-7-25/h8,23H,4-7,21-22H2,1-3H3,(H,28,29). The van der Waals surface area contributed by atoms with Gasteiger partial charge in [0.05, 0.1) is 16.6 Å². The van der Waals surface area contributed by atoms with Gasteiger partial charge in [0.2, 0.25) is 5.43 Å². The lowest BCUT2D eigenvalue weighted by Gasteiger charge is -2.33. The van der Waals surface area contributed by atoms with E-state index in [2.05, 4.69) is 5.43 Å². The number of benzene rings is 1. The molecule has 29 heavy (non-hydrogen) atoms. The van der Waals surface area contributed by atoms with Crippen LogP contribution >= 0.6 is 0 Å². The van der Waals surface area contributed by atoms with Crippen molar-refractivity contribution in [2.75, 3.05) is 37.3 Å². The van der Waals surface area contributed by atoms with Crippen molar-refractivity contribution < 1.29 is 18.7 Å².